The molecule has 1 aliphatic rings. The SMILES string of the molecule is CC(C)C(NC(=O)C(CCCCN)NC(=O)C1CCCN1)C(=O)NC(CC(=O)O)C(=O)O. The molecule has 0 bridgehead atoms. The van der Waals surface area contributed by atoms with Gasteiger partial charge in [0.1, 0.15) is 18.1 Å². The van der Waals surface area contributed by atoms with Gasteiger partial charge in [-0.1, -0.05) is 13.8 Å². The molecule has 0 aromatic rings. The van der Waals surface area contributed by atoms with Gasteiger partial charge in [0.2, 0.25) is 17.7 Å². The van der Waals surface area contributed by atoms with E-state index < -0.39 is 54.2 Å². The van der Waals surface area contributed by atoms with E-state index in [1.54, 1.807) is 13.8 Å². The number of carbonyl (C=O) groups is 5. The number of rotatable bonds is 14. The van der Waals surface area contributed by atoms with Crippen LogP contribution in [0.1, 0.15) is 52.4 Å². The summed E-state index contributed by atoms with van der Waals surface area (Å²) in [5.74, 6) is -4.99. The lowest BCUT2D eigenvalue weighted by Crippen LogP contribution is -2.58. The molecule has 1 heterocycles. The van der Waals surface area contributed by atoms with Crippen LogP contribution in [0.2, 0.25) is 0 Å². The Labute approximate surface area is 187 Å². The van der Waals surface area contributed by atoms with Crippen molar-refractivity contribution in [3.63, 3.8) is 0 Å². The van der Waals surface area contributed by atoms with Crippen LogP contribution in [-0.2, 0) is 24.0 Å². The fourth-order valence-corrected chi connectivity index (χ4v) is 3.37. The number of unbranched alkanes of at least 4 members (excludes halogenated alkanes) is 1. The first-order chi connectivity index (χ1) is 15.1. The fraction of sp³-hybridized carbons (Fsp3) is 0.750. The number of amides is 3. The number of carboxylic acids is 2. The van der Waals surface area contributed by atoms with Gasteiger partial charge in [0.15, 0.2) is 0 Å². The van der Waals surface area contributed by atoms with Gasteiger partial charge in [0.25, 0.3) is 0 Å². The molecule has 12 nitrogen and oxygen atoms in total. The molecule has 1 aliphatic heterocycles. The number of carboxylic acid groups (broad SMARTS) is 2. The Morgan fingerprint density at radius 2 is 1.69 bits per heavy atom. The predicted octanol–water partition coefficient (Wildman–Crippen LogP) is -1.46. The first-order valence-electron chi connectivity index (χ1n) is 10.9. The van der Waals surface area contributed by atoms with E-state index in [1.807, 2.05) is 0 Å². The third-order valence-corrected chi connectivity index (χ3v) is 5.20. The summed E-state index contributed by atoms with van der Waals surface area (Å²) in [5, 5.41) is 28.5. The second kappa shape index (κ2) is 13.6. The molecular formula is C20H35N5O7. The van der Waals surface area contributed by atoms with Crippen LogP contribution in [0.4, 0.5) is 0 Å². The Balaban J connectivity index is 2.87. The third-order valence-electron chi connectivity index (χ3n) is 5.20. The lowest BCUT2D eigenvalue weighted by molar-refractivity contribution is -0.147. The molecule has 12 heteroatoms. The van der Waals surface area contributed by atoms with Gasteiger partial charge >= 0.3 is 11.9 Å². The summed E-state index contributed by atoms with van der Waals surface area (Å²) >= 11 is 0. The van der Waals surface area contributed by atoms with Crippen molar-refractivity contribution >= 4 is 29.7 Å². The average molecular weight is 458 g/mol. The van der Waals surface area contributed by atoms with E-state index in [0.717, 1.165) is 13.0 Å². The van der Waals surface area contributed by atoms with Gasteiger partial charge in [-0.05, 0) is 51.1 Å². The van der Waals surface area contributed by atoms with Crippen LogP contribution >= 0.6 is 0 Å². The van der Waals surface area contributed by atoms with Gasteiger partial charge in [-0.2, -0.15) is 0 Å². The van der Waals surface area contributed by atoms with Crippen molar-refractivity contribution in [3.05, 3.63) is 0 Å². The molecule has 8 N–H and O–H groups in total. The first-order valence-corrected chi connectivity index (χ1v) is 10.9. The Morgan fingerprint density at radius 1 is 1.00 bits per heavy atom. The monoisotopic (exact) mass is 457 g/mol. The lowest BCUT2D eigenvalue weighted by atomic mass is 10.0. The maximum Gasteiger partial charge on any atom is 0.326 e. The fourth-order valence-electron chi connectivity index (χ4n) is 3.37. The van der Waals surface area contributed by atoms with Crippen molar-refractivity contribution in [3.8, 4) is 0 Å². The van der Waals surface area contributed by atoms with Gasteiger partial charge in [0, 0.05) is 0 Å². The van der Waals surface area contributed by atoms with Gasteiger partial charge in [-0.25, -0.2) is 4.79 Å². The van der Waals surface area contributed by atoms with E-state index in [1.165, 1.54) is 0 Å². The summed E-state index contributed by atoms with van der Waals surface area (Å²) in [7, 11) is 0. The molecule has 4 unspecified atom stereocenters. The predicted molar refractivity (Wildman–Crippen MR) is 114 cm³/mol. The maximum atomic E-state index is 12.9. The Morgan fingerprint density at radius 3 is 2.19 bits per heavy atom. The standard InChI is InChI=1S/C20H35N5O7/c1-11(2)16(19(30)24-14(20(31)32)10-15(26)27)25-18(29)13(6-3-4-8-21)23-17(28)12-7-5-9-22-12/h11-14,16,22H,3-10,21H2,1-2H3,(H,23,28)(H,24,30)(H,25,29)(H,26,27)(H,31,32). The van der Waals surface area contributed by atoms with Gasteiger partial charge < -0.3 is 37.2 Å². The average Bonchev–Trinajstić information content (AvgIpc) is 3.24. The van der Waals surface area contributed by atoms with Crippen molar-refractivity contribution in [2.75, 3.05) is 13.1 Å². The van der Waals surface area contributed by atoms with Crippen LogP contribution < -0.4 is 27.0 Å². The number of nitrogens with one attached hydrogen (secondary N) is 4. The minimum atomic E-state index is -1.63. The van der Waals surface area contributed by atoms with Crippen molar-refractivity contribution < 1.29 is 34.2 Å². The molecule has 1 saturated heterocycles. The van der Waals surface area contributed by atoms with Crippen LogP contribution in [0.5, 0.6) is 0 Å². The molecule has 182 valence electrons. The van der Waals surface area contributed by atoms with E-state index in [0.29, 0.717) is 32.2 Å². The number of nitrogens with two attached hydrogens (primary N) is 1. The molecule has 0 spiro atoms. The highest BCUT2D eigenvalue weighted by Gasteiger charge is 2.33. The van der Waals surface area contributed by atoms with E-state index in [9.17, 15) is 24.0 Å². The van der Waals surface area contributed by atoms with Gasteiger partial charge in [-0.15, -0.1) is 0 Å². The first kappa shape index (κ1) is 27.3. The summed E-state index contributed by atoms with van der Waals surface area (Å²) in [6, 6.07) is -4.01. The number of aliphatic carboxylic acids is 2. The minimum Gasteiger partial charge on any atom is -0.481 e. The normalized spacial score (nSPS) is 18.4. The van der Waals surface area contributed by atoms with Crippen molar-refractivity contribution in [2.24, 2.45) is 11.7 Å². The second-order valence-corrected chi connectivity index (χ2v) is 8.22. The molecule has 3 amide bonds. The van der Waals surface area contributed by atoms with Gasteiger partial charge in [0.05, 0.1) is 12.5 Å². The van der Waals surface area contributed by atoms with Gasteiger partial charge in [-0.3, -0.25) is 19.2 Å². The smallest absolute Gasteiger partial charge is 0.326 e. The Bertz CT molecular complexity index is 679. The summed E-state index contributed by atoms with van der Waals surface area (Å²) in [6.07, 6.45) is 2.30. The largest absolute Gasteiger partial charge is 0.481 e. The van der Waals surface area contributed by atoms with E-state index in [-0.39, 0.29) is 11.9 Å². The topological polar surface area (TPSA) is 200 Å². The molecule has 32 heavy (non-hydrogen) atoms. The van der Waals surface area contributed by atoms with E-state index >= 15 is 0 Å². The van der Waals surface area contributed by atoms with E-state index in [4.69, 9.17) is 15.9 Å². The second-order valence-electron chi connectivity index (χ2n) is 8.22. The molecular weight excluding hydrogens is 422 g/mol. The molecule has 1 fully saturated rings. The van der Waals surface area contributed by atoms with E-state index in [2.05, 4.69) is 21.3 Å². The highest BCUT2D eigenvalue weighted by atomic mass is 16.4. The molecule has 1 rings (SSSR count). The van der Waals surface area contributed by atoms with Crippen LogP contribution in [-0.4, -0.2) is 77.1 Å². The summed E-state index contributed by atoms with van der Waals surface area (Å²) < 4.78 is 0. The number of hydrogen-bond donors (Lipinski definition) is 7. The zero-order valence-corrected chi connectivity index (χ0v) is 18.6. The van der Waals surface area contributed by atoms with Crippen LogP contribution in [0.25, 0.3) is 0 Å². The molecule has 0 aliphatic carbocycles. The van der Waals surface area contributed by atoms with Crippen molar-refractivity contribution in [1.29, 1.82) is 0 Å². The van der Waals surface area contributed by atoms with Crippen molar-refractivity contribution in [1.82, 2.24) is 21.3 Å². The zero-order chi connectivity index (χ0) is 24.3. The number of carbonyl (C=O) groups excluding carboxylic acids is 3. The summed E-state index contributed by atoms with van der Waals surface area (Å²) in [6.45, 7) is 4.46. The Kier molecular flexibility index (Phi) is 11.6. The molecule has 0 saturated carbocycles. The lowest BCUT2D eigenvalue weighted by Gasteiger charge is -2.27. The number of hydrogen-bond acceptors (Lipinski definition) is 7. The highest BCUT2D eigenvalue weighted by molar-refractivity contribution is 5.94. The molecule has 0 aromatic carbocycles. The minimum absolute atomic E-state index is 0.298. The summed E-state index contributed by atoms with van der Waals surface area (Å²) in [4.78, 5) is 60.2. The molecule has 0 radical (unpaired) electrons. The molecule has 4 atom stereocenters. The van der Waals surface area contributed by atoms with Crippen LogP contribution in [0, 0.1) is 5.92 Å². The third kappa shape index (κ3) is 9.18. The quantitative estimate of drug-likeness (QED) is 0.152. The maximum absolute atomic E-state index is 12.9. The van der Waals surface area contributed by atoms with Crippen LogP contribution in [0.3, 0.4) is 0 Å². The zero-order valence-electron chi connectivity index (χ0n) is 18.6. The highest BCUT2D eigenvalue weighted by Crippen LogP contribution is 2.09. The van der Waals surface area contributed by atoms with Crippen LogP contribution in [0.15, 0.2) is 0 Å². The summed E-state index contributed by atoms with van der Waals surface area (Å²) in [5.41, 5.74) is 5.52. The van der Waals surface area contributed by atoms with Crippen molar-refractivity contribution in [2.45, 2.75) is 76.5 Å². The Hall–Kier alpha value is -2.73. The molecule has 0 aromatic heterocycles.